The zero-order valence-electron chi connectivity index (χ0n) is 10.6. The molecule has 1 aromatic rings. The fraction of sp³-hybridized carbons (Fsp3) is 0.600. The van der Waals surface area contributed by atoms with Crippen molar-refractivity contribution in [2.45, 2.75) is 31.8 Å². The molecule has 2 unspecified atom stereocenters. The van der Waals surface area contributed by atoms with Gasteiger partial charge in [0.05, 0.1) is 12.7 Å². The Hall–Kier alpha value is -1.06. The Morgan fingerprint density at radius 3 is 3.06 bits per heavy atom. The molecule has 1 aliphatic carbocycles. The Morgan fingerprint density at radius 1 is 1.33 bits per heavy atom. The van der Waals surface area contributed by atoms with Crippen molar-refractivity contribution in [1.82, 2.24) is 0 Å². The number of rotatable bonds is 4. The van der Waals surface area contributed by atoms with Gasteiger partial charge >= 0.3 is 0 Å². The highest BCUT2D eigenvalue weighted by Gasteiger charge is 2.24. The van der Waals surface area contributed by atoms with Crippen molar-refractivity contribution in [1.29, 1.82) is 0 Å². The van der Waals surface area contributed by atoms with Crippen LogP contribution in [0.3, 0.4) is 0 Å². The summed E-state index contributed by atoms with van der Waals surface area (Å²) in [5.74, 6) is 1.12. The number of fused-ring (bicyclic) bond motifs is 1. The Kier molecular flexibility index (Phi) is 3.52. The van der Waals surface area contributed by atoms with E-state index in [4.69, 9.17) is 9.47 Å². The molecule has 0 radical (unpaired) electrons. The maximum Gasteiger partial charge on any atom is 0.119 e. The van der Waals surface area contributed by atoms with Crippen molar-refractivity contribution in [3.63, 3.8) is 0 Å². The van der Waals surface area contributed by atoms with E-state index in [9.17, 15) is 5.11 Å². The van der Waals surface area contributed by atoms with Crippen LogP contribution in [0.5, 0.6) is 5.75 Å². The lowest BCUT2D eigenvalue weighted by Crippen LogP contribution is -2.27. The number of aliphatic hydroxyl groups excluding tert-OH is 1. The number of ether oxygens (including phenoxy) is 2. The van der Waals surface area contributed by atoms with Gasteiger partial charge in [-0.25, -0.2) is 0 Å². The highest BCUT2D eigenvalue weighted by atomic mass is 16.5. The summed E-state index contributed by atoms with van der Waals surface area (Å²) in [6.07, 6.45) is 4.12. The summed E-state index contributed by atoms with van der Waals surface area (Å²) in [6.45, 7) is 1.79. The summed E-state index contributed by atoms with van der Waals surface area (Å²) in [6, 6.07) is 6.30. The Morgan fingerprint density at radius 2 is 2.22 bits per heavy atom. The van der Waals surface area contributed by atoms with Crippen molar-refractivity contribution in [3.05, 3.63) is 29.3 Å². The van der Waals surface area contributed by atoms with Gasteiger partial charge in [-0.05, 0) is 48.9 Å². The SMILES string of the molecule is OC(COc1ccc2c(c1)CCC2)C1CCOC1. The minimum Gasteiger partial charge on any atom is -0.491 e. The van der Waals surface area contributed by atoms with E-state index in [1.807, 2.05) is 6.07 Å². The van der Waals surface area contributed by atoms with Gasteiger partial charge in [0.15, 0.2) is 0 Å². The zero-order valence-corrected chi connectivity index (χ0v) is 10.6. The van der Waals surface area contributed by atoms with Crippen molar-refractivity contribution in [2.75, 3.05) is 19.8 Å². The van der Waals surface area contributed by atoms with Crippen molar-refractivity contribution >= 4 is 0 Å². The second-order valence-corrected chi connectivity index (χ2v) is 5.29. The van der Waals surface area contributed by atoms with E-state index in [1.54, 1.807) is 0 Å². The average Bonchev–Trinajstić information content (AvgIpc) is 3.05. The first-order chi connectivity index (χ1) is 8.83. The quantitative estimate of drug-likeness (QED) is 0.885. The van der Waals surface area contributed by atoms with Crippen LogP contribution in [-0.2, 0) is 17.6 Å². The minimum absolute atomic E-state index is 0.236. The summed E-state index contributed by atoms with van der Waals surface area (Å²) < 4.78 is 11.0. The number of hydrogen-bond donors (Lipinski definition) is 1. The monoisotopic (exact) mass is 248 g/mol. The molecule has 0 bridgehead atoms. The van der Waals surface area contributed by atoms with E-state index in [1.165, 1.54) is 24.0 Å². The van der Waals surface area contributed by atoms with Gasteiger partial charge in [0, 0.05) is 12.5 Å². The van der Waals surface area contributed by atoms with Gasteiger partial charge in [-0.1, -0.05) is 6.07 Å². The molecule has 0 amide bonds. The molecule has 0 saturated carbocycles. The molecule has 1 heterocycles. The molecule has 2 aliphatic rings. The third kappa shape index (κ3) is 2.52. The van der Waals surface area contributed by atoms with Gasteiger partial charge in [-0.3, -0.25) is 0 Å². The van der Waals surface area contributed by atoms with E-state index in [-0.39, 0.29) is 5.92 Å². The second-order valence-electron chi connectivity index (χ2n) is 5.29. The van der Waals surface area contributed by atoms with E-state index in [2.05, 4.69) is 12.1 Å². The molecule has 2 atom stereocenters. The van der Waals surface area contributed by atoms with E-state index >= 15 is 0 Å². The summed E-state index contributed by atoms with van der Waals surface area (Å²) in [5.41, 5.74) is 2.86. The Balaban J connectivity index is 1.56. The molecule has 3 nitrogen and oxygen atoms in total. The van der Waals surface area contributed by atoms with Crippen LogP contribution < -0.4 is 4.74 Å². The molecule has 3 heteroatoms. The highest BCUT2D eigenvalue weighted by Crippen LogP contribution is 2.26. The predicted octanol–water partition coefficient (Wildman–Crippen LogP) is 1.95. The third-order valence-electron chi connectivity index (χ3n) is 4.00. The molecular formula is C15H20O3. The Labute approximate surface area is 108 Å². The minimum atomic E-state index is -0.416. The van der Waals surface area contributed by atoms with Gasteiger partial charge < -0.3 is 14.6 Å². The molecule has 3 rings (SSSR count). The fourth-order valence-corrected chi connectivity index (χ4v) is 2.81. The van der Waals surface area contributed by atoms with Crippen LogP contribution in [0.25, 0.3) is 0 Å². The third-order valence-corrected chi connectivity index (χ3v) is 4.00. The maximum absolute atomic E-state index is 10.00. The number of aryl methyl sites for hydroxylation is 2. The van der Waals surface area contributed by atoms with E-state index in [0.717, 1.165) is 25.2 Å². The molecule has 98 valence electrons. The predicted molar refractivity (Wildman–Crippen MR) is 68.9 cm³/mol. The lowest BCUT2D eigenvalue weighted by molar-refractivity contribution is 0.0499. The lowest BCUT2D eigenvalue weighted by atomic mass is 10.0. The van der Waals surface area contributed by atoms with Crippen molar-refractivity contribution in [2.24, 2.45) is 5.92 Å². The van der Waals surface area contributed by atoms with Gasteiger partial charge in [0.1, 0.15) is 12.4 Å². The van der Waals surface area contributed by atoms with E-state index < -0.39 is 6.10 Å². The van der Waals surface area contributed by atoms with Crippen LogP contribution in [0.1, 0.15) is 24.0 Å². The highest BCUT2D eigenvalue weighted by molar-refractivity contribution is 5.38. The average molecular weight is 248 g/mol. The summed E-state index contributed by atoms with van der Waals surface area (Å²) >= 11 is 0. The number of aliphatic hydroxyl groups is 1. The molecule has 1 fully saturated rings. The van der Waals surface area contributed by atoms with Crippen molar-refractivity contribution in [3.8, 4) is 5.75 Å². The van der Waals surface area contributed by atoms with Gasteiger partial charge in [0.25, 0.3) is 0 Å². The van der Waals surface area contributed by atoms with E-state index in [0.29, 0.717) is 13.2 Å². The Bertz CT molecular complexity index is 410. The first-order valence-electron chi connectivity index (χ1n) is 6.83. The molecule has 1 N–H and O–H groups in total. The molecule has 1 aromatic carbocycles. The molecule has 1 saturated heterocycles. The van der Waals surface area contributed by atoms with Gasteiger partial charge in [-0.15, -0.1) is 0 Å². The fourth-order valence-electron chi connectivity index (χ4n) is 2.81. The van der Waals surface area contributed by atoms with Crippen LogP contribution in [0.2, 0.25) is 0 Å². The lowest BCUT2D eigenvalue weighted by Gasteiger charge is -2.17. The van der Waals surface area contributed by atoms with Crippen LogP contribution in [-0.4, -0.2) is 31.0 Å². The normalized spacial score (nSPS) is 23.9. The molecule has 1 aliphatic heterocycles. The van der Waals surface area contributed by atoms with Gasteiger partial charge in [0.2, 0.25) is 0 Å². The number of hydrogen-bond acceptors (Lipinski definition) is 3. The molecule has 18 heavy (non-hydrogen) atoms. The summed E-state index contributed by atoms with van der Waals surface area (Å²) in [4.78, 5) is 0. The van der Waals surface area contributed by atoms with Crippen LogP contribution in [0.15, 0.2) is 18.2 Å². The summed E-state index contributed by atoms with van der Waals surface area (Å²) in [7, 11) is 0. The topological polar surface area (TPSA) is 38.7 Å². The van der Waals surface area contributed by atoms with Crippen molar-refractivity contribution < 1.29 is 14.6 Å². The maximum atomic E-state index is 10.00. The largest absolute Gasteiger partial charge is 0.491 e. The number of benzene rings is 1. The first kappa shape index (κ1) is 12.0. The van der Waals surface area contributed by atoms with Crippen LogP contribution >= 0.6 is 0 Å². The van der Waals surface area contributed by atoms with Gasteiger partial charge in [-0.2, -0.15) is 0 Å². The standard InChI is InChI=1S/C15H20O3/c16-15(13-6-7-17-9-13)10-18-14-5-4-11-2-1-3-12(11)8-14/h4-5,8,13,15-16H,1-3,6-7,9-10H2. The molecule has 0 spiro atoms. The second kappa shape index (κ2) is 5.29. The van der Waals surface area contributed by atoms with Crippen LogP contribution in [0.4, 0.5) is 0 Å². The summed E-state index contributed by atoms with van der Waals surface area (Å²) in [5, 5.41) is 10.00. The smallest absolute Gasteiger partial charge is 0.119 e. The zero-order chi connectivity index (χ0) is 12.4. The first-order valence-corrected chi connectivity index (χ1v) is 6.83. The van der Waals surface area contributed by atoms with Crippen LogP contribution in [0, 0.1) is 5.92 Å². The molecular weight excluding hydrogens is 228 g/mol. The molecule has 0 aromatic heterocycles.